The summed E-state index contributed by atoms with van der Waals surface area (Å²) in [5.74, 6) is 0.892. The zero-order chi connectivity index (χ0) is 25.1. The van der Waals surface area contributed by atoms with Crippen LogP contribution in [0.1, 0.15) is 62.6 Å². The Morgan fingerprint density at radius 3 is 2.39 bits per heavy atom. The van der Waals surface area contributed by atoms with Gasteiger partial charge < -0.3 is 10.1 Å². The highest BCUT2D eigenvalue weighted by molar-refractivity contribution is 6.06. The average molecular weight is 481 g/mol. The van der Waals surface area contributed by atoms with Crippen molar-refractivity contribution in [2.75, 3.05) is 16.8 Å². The summed E-state index contributed by atoms with van der Waals surface area (Å²) in [4.78, 5) is 28.7. The van der Waals surface area contributed by atoms with Crippen molar-refractivity contribution in [3.05, 3.63) is 101 Å². The average Bonchev–Trinajstić information content (AvgIpc) is 3.04. The summed E-state index contributed by atoms with van der Waals surface area (Å²) in [6.45, 7) is 4.43. The largest absolute Gasteiger partial charge is 0.494 e. The highest BCUT2D eigenvalue weighted by Gasteiger charge is 2.40. The van der Waals surface area contributed by atoms with E-state index in [2.05, 4.69) is 24.4 Å². The van der Waals surface area contributed by atoms with E-state index in [1.807, 2.05) is 66.7 Å². The molecule has 1 heterocycles. The van der Waals surface area contributed by atoms with Gasteiger partial charge in [0.1, 0.15) is 5.75 Å². The number of nitrogens with one attached hydrogen (secondary N) is 1. The normalized spacial score (nSPS) is 19.2. The molecule has 2 aliphatic rings. The monoisotopic (exact) mass is 480 g/mol. The van der Waals surface area contributed by atoms with Crippen LogP contribution >= 0.6 is 0 Å². The minimum absolute atomic E-state index is 0.0564. The second kappa shape index (κ2) is 10.4. The number of benzene rings is 3. The van der Waals surface area contributed by atoms with Gasteiger partial charge in [-0.1, -0.05) is 67.9 Å². The van der Waals surface area contributed by atoms with E-state index in [9.17, 15) is 9.59 Å². The quantitative estimate of drug-likeness (QED) is 0.395. The lowest BCUT2D eigenvalue weighted by molar-refractivity contribution is -0.117. The van der Waals surface area contributed by atoms with Crippen molar-refractivity contribution >= 4 is 23.1 Å². The van der Waals surface area contributed by atoms with E-state index in [1.54, 1.807) is 11.8 Å². The maximum absolute atomic E-state index is 13.8. The summed E-state index contributed by atoms with van der Waals surface area (Å²) in [5.41, 5.74) is 5.25. The highest BCUT2D eigenvalue weighted by atomic mass is 16.5. The van der Waals surface area contributed by atoms with Crippen LogP contribution in [0.25, 0.3) is 0 Å². The van der Waals surface area contributed by atoms with E-state index in [0.29, 0.717) is 25.0 Å². The topological polar surface area (TPSA) is 58.6 Å². The number of rotatable bonds is 6. The van der Waals surface area contributed by atoms with Gasteiger partial charge >= 0.3 is 0 Å². The first-order valence-corrected chi connectivity index (χ1v) is 12.8. The molecule has 3 aromatic carbocycles. The Hall–Kier alpha value is -3.86. The number of Topliss-reactive ketones (excluding diaryl/α,β-unsaturated/α-hetero) is 1. The summed E-state index contributed by atoms with van der Waals surface area (Å²) in [6.07, 6.45) is 3.23. The van der Waals surface area contributed by atoms with Gasteiger partial charge in [-0.2, -0.15) is 0 Å². The number of para-hydroxylation sites is 2. The molecule has 5 heteroatoms. The van der Waals surface area contributed by atoms with Gasteiger partial charge in [-0.05, 0) is 54.2 Å². The Morgan fingerprint density at radius 2 is 1.67 bits per heavy atom. The number of anilines is 2. The first-order valence-electron chi connectivity index (χ1n) is 12.8. The van der Waals surface area contributed by atoms with Crippen LogP contribution in [0.15, 0.2) is 90.1 Å². The fourth-order valence-electron chi connectivity index (χ4n) is 5.30. The number of nitrogens with zero attached hydrogens (tertiary/aromatic N) is 1. The van der Waals surface area contributed by atoms with Crippen LogP contribution in [0.3, 0.4) is 0 Å². The second-order valence-electron chi connectivity index (χ2n) is 9.54. The summed E-state index contributed by atoms with van der Waals surface area (Å²) in [6, 6.07) is 25.3. The molecule has 2 atom stereocenters. The van der Waals surface area contributed by atoms with E-state index in [1.165, 1.54) is 0 Å². The van der Waals surface area contributed by atoms with Gasteiger partial charge in [0.2, 0.25) is 5.91 Å². The number of hydrogen-bond donors (Lipinski definition) is 1. The lowest BCUT2D eigenvalue weighted by Gasteiger charge is -2.34. The summed E-state index contributed by atoms with van der Waals surface area (Å²) < 4.78 is 5.82. The van der Waals surface area contributed by atoms with Crippen molar-refractivity contribution in [1.29, 1.82) is 0 Å². The Bertz CT molecular complexity index is 1280. The lowest BCUT2D eigenvalue weighted by Crippen LogP contribution is -2.37. The Labute approximate surface area is 212 Å². The molecule has 1 aliphatic carbocycles. The molecule has 0 spiro atoms. The van der Waals surface area contributed by atoms with E-state index >= 15 is 0 Å². The van der Waals surface area contributed by atoms with Crippen molar-refractivity contribution < 1.29 is 14.3 Å². The summed E-state index contributed by atoms with van der Waals surface area (Å²) >= 11 is 0. The summed E-state index contributed by atoms with van der Waals surface area (Å²) in [5, 5.41) is 3.56. The Balaban J connectivity index is 1.54. The van der Waals surface area contributed by atoms with Crippen LogP contribution in [0.5, 0.6) is 5.75 Å². The summed E-state index contributed by atoms with van der Waals surface area (Å²) in [7, 11) is 0. The van der Waals surface area contributed by atoms with Crippen molar-refractivity contribution in [1.82, 2.24) is 0 Å². The fraction of sp³-hybridized carbons (Fsp3) is 0.290. The van der Waals surface area contributed by atoms with Crippen LogP contribution in [0, 0.1) is 0 Å². The third-order valence-electron chi connectivity index (χ3n) is 7.06. The number of fused-ring (bicyclic) bond motifs is 1. The third kappa shape index (κ3) is 4.66. The number of ether oxygens (including phenoxy) is 1. The van der Waals surface area contributed by atoms with Crippen molar-refractivity contribution in [3.8, 4) is 5.75 Å². The van der Waals surface area contributed by atoms with Gasteiger partial charge in [0.15, 0.2) is 5.78 Å². The van der Waals surface area contributed by atoms with Gasteiger partial charge in [-0.15, -0.1) is 0 Å². The second-order valence-corrected chi connectivity index (χ2v) is 9.54. The van der Waals surface area contributed by atoms with Crippen molar-refractivity contribution in [2.45, 2.75) is 51.5 Å². The number of carbonyl (C=O) groups is 2. The zero-order valence-corrected chi connectivity index (χ0v) is 20.9. The maximum Gasteiger partial charge on any atom is 0.224 e. The molecule has 0 radical (unpaired) electrons. The van der Waals surface area contributed by atoms with Crippen molar-refractivity contribution in [3.63, 3.8) is 0 Å². The van der Waals surface area contributed by atoms with Crippen LogP contribution in [-0.4, -0.2) is 18.3 Å². The molecule has 1 aliphatic heterocycles. The molecule has 5 nitrogen and oxygen atoms in total. The Morgan fingerprint density at radius 1 is 0.944 bits per heavy atom. The molecular weight excluding hydrogens is 448 g/mol. The molecule has 1 amide bonds. The third-order valence-corrected chi connectivity index (χ3v) is 7.06. The first-order chi connectivity index (χ1) is 17.6. The van der Waals surface area contributed by atoms with E-state index in [-0.39, 0.29) is 17.6 Å². The van der Waals surface area contributed by atoms with E-state index in [4.69, 9.17) is 4.74 Å². The minimum atomic E-state index is -0.474. The molecule has 36 heavy (non-hydrogen) atoms. The zero-order valence-electron chi connectivity index (χ0n) is 20.9. The molecular formula is C31H32N2O3. The van der Waals surface area contributed by atoms with Gasteiger partial charge in [0.25, 0.3) is 0 Å². The predicted molar refractivity (Wildman–Crippen MR) is 143 cm³/mol. The van der Waals surface area contributed by atoms with Gasteiger partial charge in [0, 0.05) is 24.6 Å². The smallest absolute Gasteiger partial charge is 0.224 e. The number of ketones is 1. The number of carbonyl (C=O) groups excluding carboxylic acids is 2. The van der Waals surface area contributed by atoms with Crippen LogP contribution in [-0.2, 0) is 9.59 Å². The van der Waals surface area contributed by atoms with Crippen LogP contribution in [0.2, 0.25) is 0 Å². The SMILES string of the molecule is CCCCOc1ccc([C@@H]2CC(=O)C3=C(C2)Nc2ccccc2N(C(C)=O)[C@@H]3c2ccccc2)cc1. The highest BCUT2D eigenvalue weighted by Crippen LogP contribution is 2.47. The number of allylic oxidation sites excluding steroid dienone is 1. The molecule has 0 aromatic heterocycles. The van der Waals surface area contributed by atoms with Gasteiger partial charge in [-0.25, -0.2) is 0 Å². The molecule has 0 bridgehead atoms. The number of hydrogen-bond acceptors (Lipinski definition) is 4. The number of amides is 1. The van der Waals surface area contributed by atoms with Crippen LogP contribution in [0.4, 0.5) is 11.4 Å². The van der Waals surface area contributed by atoms with E-state index < -0.39 is 6.04 Å². The van der Waals surface area contributed by atoms with Crippen molar-refractivity contribution in [2.24, 2.45) is 0 Å². The van der Waals surface area contributed by atoms with Gasteiger partial charge in [0.05, 0.1) is 24.0 Å². The first kappa shape index (κ1) is 23.9. The molecule has 0 fully saturated rings. The van der Waals surface area contributed by atoms with E-state index in [0.717, 1.165) is 46.8 Å². The standard InChI is InChI=1S/C31H32N2O3/c1-3-4-18-36-25-16-14-22(15-17-25)24-19-27-30(29(35)20-24)31(23-10-6-5-7-11-23)33(21(2)34)28-13-9-8-12-26(28)32-27/h5-17,24,31-32H,3-4,18-20H2,1-2H3/t24-,31+/m0/s1. The number of unbranched alkanes of at least 4 members (excludes halogenated alkanes) is 1. The molecule has 5 rings (SSSR count). The molecule has 184 valence electrons. The molecule has 0 saturated carbocycles. The molecule has 0 saturated heterocycles. The minimum Gasteiger partial charge on any atom is -0.494 e. The maximum atomic E-state index is 13.8. The lowest BCUT2D eigenvalue weighted by atomic mass is 9.78. The van der Waals surface area contributed by atoms with Crippen LogP contribution < -0.4 is 15.0 Å². The molecule has 1 N–H and O–H groups in total. The van der Waals surface area contributed by atoms with Gasteiger partial charge in [-0.3, -0.25) is 14.5 Å². The Kier molecular flexibility index (Phi) is 6.90. The molecule has 3 aromatic rings. The fourth-order valence-corrected chi connectivity index (χ4v) is 5.30. The predicted octanol–water partition coefficient (Wildman–Crippen LogP) is 6.79. The molecule has 0 unspecified atom stereocenters.